The second kappa shape index (κ2) is 19.1. The van der Waals surface area contributed by atoms with Crippen molar-refractivity contribution >= 4 is 54.0 Å². The van der Waals surface area contributed by atoms with E-state index in [0.29, 0.717) is 0 Å². The highest BCUT2D eigenvalue weighted by Gasteiger charge is 2.55. The summed E-state index contributed by atoms with van der Waals surface area (Å²) in [7, 11) is 0. The standard InChI is InChI=1S/C28H38O19/c1-12(30)38-10-21(41-15(4)33)24(23(42-16(5)34)20(9-29)40-14(3)32)47-28-27(45-19(8)37)26(44-18(7)36)25(43-17(6)35)22(46-28)11-39-13(2)31/h9,20-28H,10-11H2,1-8H3. The summed E-state index contributed by atoms with van der Waals surface area (Å²) in [4.78, 5) is 108. The molecule has 0 amide bonds. The molecule has 19 heteroatoms. The molecule has 0 aliphatic carbocycles. The molecule has 1 aliphatic heterocycles. The smallest absolute Gasteiger partial charge is 0.303 e. The highest BCUT2D eigenvalue weighted by molar-refractivity contribution is 5.72. The second-order valence-corrected chi connectivity index (χ2v) is 9.90. The maximum absolute atomic E-state index is 12.3. The predicted octanol–water partition coefficient (Wildman–Crippen LogP) is -0.988. The Morgan fingerprint density at radius 3 is 1.51 bits per heavy atom. The van der Waals surface area contributed by atoms with Gasteiger partial charge in [0.2, 0.25) is 0 Å². The van der Waals surface area contributed by atoms with Crippen molar-refractivity contribution in [2.45, 2.75) is 111 Å². The van der Waals surface area contributed by atoms with Crippen molar-refractivity contribution in [3.05, 3.63) is 0 Å². The average molecular weight is 679 g/mol. The van der Waals surface area contributed by atoms with Crippen molar-refractivity contribution in [2.24, 2.45) is 0 Å². The maximum atomic E-state index is 12.3. The molecule has 0 aromatic carbocycles. The van der Waals surface area contributed by atoms with Crippen LogP contribution < -0.4 is 0 Å². The average Bonchev–Trinajstić information content (AvgIpc) is 2.92. The van der Waals surface area contributed by atoms with Crippen molar-refractivity contribution in [1.29, 1.82) is 0 Å². The van der Waals surface area contributed by atoms with Gasteiger partial charge in [0.05, 0.1) is 0 Å². The molecule has 0 radical (unpaired) electrons. The van der Waals surface area contributed by atoms with Gasteiger partial charge < -0.3 is 47.4 Å². The summed E-state index contributed by atoms with van der Waals surface area (Å²) in [5, 5.41) is 0. The van der Waals surface area contributed by atoms with Crippen LogP contribution in [-0.2, 0) is 90.5 Å². The number of ether oxygens (including phenoxy) is 10. The highest BCUT2D eigenvalue weighted by Crippen LogP contribution is 2.32. The molecular weight excluding hydrogens is 640 g/mol. The summed E-state index contributed by atoms with van der Waals surface area (Å²) in [5.41, 5.74) is 0. The van der Waals surface area contributed by atoms with E-state index in [9.17, 15) is 43.2 Å². The normalized spacial score (nSPS) is 22.9. The fourth-order valence-corrected chi connectivity index (χ4v) is 4.31. The topological polar surface area (TPSA) is 246 Å². The highest BCUT2D eigenvalue weighted by atomic mass is 16.8. The molecular formula is C28H38O19. The van der Waals surface area contributed by atoms with Crippen LogP contribution in [0.5, 0.6) is 0 Å². The molecule has 1 rings (SSSR count). The van der Waals surface area contributed by atoms with Gasteiger partial charge in [0.15, 0.2) is 49.2 Å². The van der Waals surface area contributed by atoms with E-state index in [1.165, 1.54) is 0 Å². The third kappa shape index (κ3) is 14.1. The number of esters is 8. The minimum Gasteiger partial charge on any atom is -0.463 e. The van der Waals surface area contributed by atoms with Crippen molar-refractivity contribution < 1.29 is 90.5 Å². The number of hydrogen-bond acceptors (Lipinski definition) is 19. The van der Waals surface area contributed by atoms with Gasteiger partial charge in [-0.3, -0.25) is 43.2 Å². The molecule has 9 unspecified atom stereocenters. The first-order valence-corrected chi connectivity index (χ1v) is 13.9. The van der Waals surface area contributed by atoms with E-state index in [4.69, 9.17) is 47.4 Å². The summed E-state index contributed by atoms with van der Waals surface area (Å²) in [6.45, 7) is 6.35. The quantitative estimate of drug-likeness (QED) is 0.108. The van der Waals surface area contributed by atoms with Crippen LogP contribution in [-0.4, -0.2) is 122 Å². The molecule has 0 saturated carbocycles. The lowest BCUT2D eigenvalue weighted by Crippen LogP contribution is -2.65. The Labute approximate surface area is 268 Å². The van der Waals surface area contributed by atoms with E-state index < -0.39 is 116 Å². The van der Waals surface area contributed by atoms with Gasteiger partial charge in [0, 0.05) is 55.4 Å². The number of carbonyl (C=O) groups excluding carboxylic acids is 9. The van der Waals surface area contributed by atoms with E-state index in [2.05, 4.69) is 0 Å². The van der Waals surface area contributed by atoms with Crippen LogP contribution in [0.25, 0.3) is 0 Å². The second-order valence-electron chi connectivity index (χ2n) is 9.90. The van der Waals surface area contributed by atoms with Crippen molar-refractivity contribution in [2.75, 3.05) is 13.2 Å². The summed E-state index contributed by atoms with van der Waals surface area (Å²) < 4.78 is 53.5. The van der Waals surface area contributed by atoms with Crippen LogP contribution in [0.2, 0.25) is 0 Å². The number of aldehydes is 1. The summed E-state index contributed by atoms with van der Waals surface area (Å²) >= 11 is 0. The molecule has 0 spiro atoms. The molecule has 0 aromatic rings. The molecule has 1 saturated heterocycles. The van der Waals surface area contributed by atoms with E-state index in [1.54, 1.807) is 0 Å². The van der Waals surface area contributed by atoms with Crippen molar-refractivity contribution in [3.63, 3.8) is 0 Å². The fraction of sp³-hybridized carbons (Fsp3) is 0.679. The van der Waals surface area contributed by atoms with Gasteiger partial charge in [0.25, 0.3) is 0 Å². The van der Waals surface area contributed by atoms with Crippen LogP contribution in [0, 0.1) is 0 Å². The first kappa shape index (κ1) is 40.4. The molecule has 1 heterocycles. The minimum atomic E-state index is -1.97. The van der Waals surface area contributed by atoms with Gasteiger partial charge in [-0.1, -0.05) is 0 Å². The molecule has 1 fully saturated rings. The van der Waals surface area contributed by atoms with E-state index >= 15 is 0 Å². The maximum Gasteiger partial charge on any atom is 0.303 e. The zero-order valence-electron chi connectivity index (χ0n) is 26.9. The van der Waals surface area contributed by atoms with Crippen LogP contribution >= 0.6 is 0 Å². The van der Waals surface area contributed by atoms with Gasteiger partial charge in [-0.2, -0.15) is 0 Å². The van der Waals surface area contributed by atoms with Gasteiger partial charge in [-0.05, 0) is 0 Å². The number of rotatable bonds is 16. The lowest BCUT2D eigenvalue weighted by atomic mass is 9.97. The Morgan fingerprint density at radius 2 is 1.06 bits per heavy atom. The molecule has 264 valence electrons. The van der Waals surface area contributed by atoms with E-state index in [1.807, 2.05) is 0 Å². The molecule has 0 aromatic heterocycles. The Kier molecular flexibility index (Phi) is 16.4. The van der Waals surface area contributed by atoms with Crippen LogP contribution in [0.4, 0.5) is 0 Å². The Morgan fingerprint density at radius 1 is 0.574 bits per heavy atom. The van der Waals surface area contributed by atoms with Gasteiger partial charge in [-0.15, -0.1) is 0 Å². The van der Waals surface area contributed by atoms with Crippen LogP contribution in [0.15, 0.2) is 0 Å². The molecule has 9 atom stereocenters. The monoisotopic (exact) mass is 678 g/mol. The third-order valence-electron chi connectivity index (χ3n) is 5.76. The fourth-order valence-electron chi connectivity index (χ4n) is 4.31. The van der Waals surface area contributed by atoms with Crippen molar-refractivity contribution in [3.8, 4) is 0 Å². The molecule has 19 nitrogen and oxygen atoms in total. The molecule has 0 bridgehead atoms. The Balaban J connectivity index is 3.99. The lowest BCUT2D eigenvalue weighted by molar-refractivity contribution is -0.330. The van der Waals surface area contributed by atoms with Crippen molar-refractivity contribution in [1.82, 2.24) is 0 Å². The minimum absolute atomic E-state index is 0.0647. The molecule has 47 heavy (non-hydrogen) atoms. The Bertz CT molecular complexity index is 1180. The zero-order chi connectivity index (χ0) is 36.0. The predicted molar refractivity (Wildman–Crippen MR) is 146 cm³/mol. The Hall–Kier alpha value is -4.65. The largest absolute Gasteiger partial charge is 0.463 e. The third-order valence-corrected chi connectivity index (χ3v) is 5.76. The molecule has 1 aliphatic rings. The number of hydrogen-bond donors (Lipinski definition) is 0. The van der Waals surface area contributed by atoms with Crippen LogP contribution in [0.1, 0.15) is 55.4 Å². The zero-order valence-corrected chi connectivity index (χ0v) is 26.9. The molecule has 0 N–H and O–H groups in total. The van der Waals surface area contributed by atoms with E-state index in [-0.39, 0.29) is 6.29 Å². The van der Waals surface area contributed by atoms with E-state index in [0.717, 1.165) is 55.4 Å². The first-order chi connectivity index (χ1) is 21.9. The summed E-state index contributed by atoms with van der Waals surface area (Å²) in [6.07, 6.45) is -16.2. The number of carbonyl (C=O) groups is 9. The van der Waals surface area contributed by atoms with Gasteiger partial charge >= 0.3 is 47.8 Å². The SMILES string of the molecule is CC(=O)OCC(OC(C)=O)C(OC1OC(COC(C)=O)C(OC(C)=O)C(OC(C)=O)C1OC(C)=O)C(OC(C)=O)C(C=O)OC(C)=O. The first-order valence-electron chi connectivity index (χ1n) is 13.9. The summed E-state index contributed by atoms with van der Waals surface area (Å²) in [6, 6.07) is 0. The van der Waals surface area contributed by atoms with Gasteiger partial charge in [0.1, 0.15) is 25.4 Å². The summed E-state index contributed by atoms with van der Waals surface area (Å²) in [5.74, 6) is -7.62. The van der Waals surface area contributed by atoms with Gasteiger partial charge in [-0.25, -0.2) is 0 Å². The van der Waals surface area contributed by atoms with Crippen LogP contribution in [0.3, 0.4) is 0 Å². The lowest BCUT2D eigenvalue weighted by Gasteiger charge is -2.46.